The number of amides is 1. The maximum atomic E-state index is 14.7. The summed E-state index contributed by atoms with van der Waals surface area (Å²) < 4.78 is 67.6. The van der Waals surface area contributed by atoms with Crippen molar-refractivity contribution in [2.24, 2.45) is 5.92 Å². The van der Waals surface area contributed by atoms with Crippen molar-refractivity contribution in [2.75, 3.05) is 0 Å². The molecule has 1 amide bonds. The van der Waals surface area contributed by atoms with Crippen LogP contribution >= 0.6 is 11.6 Å². The second-order valence-electron chi connectivity index (χ2n) is 8.26. The fourth-order valence-corrected chi connectivity index (χ4v) is 4.57. The number of nitrogens with one attached hydrogen (secondary N) is 1. The minimum atomic E-state index is -4.24. The van der Waals surface area contributed by atoms with Crippen LogP contribution < -0.4 is 5.32 Å². The fraction of sp³-hybridized carbons (Fsp3) is 0.348. The number of aryl methyl sites for hydroxylation is 1. The summed E-state index contributed by atoms with van der Waals surface area (Å²) in [6.45, 7) is 1.64. The van der Waals surface area contributed by atoms with Crippen LogP contribution in [0.15, 0.2) is 36.4 Å². The molecule has 164 valence electrons. The van der Waals surface area contributed by atoms with Crippen molar-refractivity contribution in [1.82, 2.24) is 5.32 Å². The van der Waals surface area contributed by atoms with Crippen molar-refractivity contribution in [2.45, 2.75) is 44.3 Å². The Balaban J connectivity index is 1.70. The van der Waals surface area contributed by atoms with Crippen LogP contribution in [-0.4, -0.2) is 17.6 Å². The highest BCUT2D eigenvalue weighted by Gasteiger charge is 2.48. The molecule has 2 nitrogen and oxygen atoms in total. The van der Waals surface area contributed by atoms with Crippen LogP contribution in [0.4, 0.5) is 22.0 Å². The van der Waals surface area contributed by atoms with Crippen molar-refractivity contribution < 1.29 is 26.7 Å². The molecule has 2 aliphatic rings. The number of halogens is 6. The Hall–Kier alpha value is -2.41. The van der Waals surface area contributed by atoms with E-state index in [4.69, 9.17) is 11.6 Å². The minimum absolute atomic E-state index is 0.0642. The summed E-state index contributed by atoms with van der Waals surface area (Å²) in [6.07, 6.45) is -2.33. The molecule has 31 heavy (non-hydrogen) atoms. The summed E-state index contributed by atoms with van der Waals surface area (Å²) in [4.78, 5) is 12.7. The van der Waals surface area contributed by atoms with Gasteiger partial charge in [0.15, 0.2) is 0 Å². The van der Waals surface area contributed by atoms with Crippen LogP contribution in [0.5, 0.6) is 0 Å². The second kappa shape index (κ2) is 7.62. The molecule has 1 aliphatic carbocycles. The van der Waals surface area contributed by atoms with Crippen molar-refractivity contribution in [3.05, 3.63) is 64.2 Å². The number of carbonyl (C=O) groups is 1. The van der Waals surface area contributed by atoms with Gasteiger partial charge in [-0.15, -0.1) is 0 Å². The highest BCUT2D eigenvalue weighted by Crippen LogP contribution is 2.45. The van der Waals surface area contributed by atoms with Crippen molar-refractivity contribution in [3.63, 3.8) is 0 Å². The Kier molecular flexibility index (Phi) is 5.36. The minimum Gasteiger partial charge on any atom is -0.343 e. The largest absolute Gasteiger partial charge is 0.391 e. The molecule has 2 aromatic rings. The van der Waals surface area contributed by atoms with Crippen LogP contribution in [0.1, 0.15) is 36.8 Å². The maximum absolute atomic E-state index is 14.7. The molecule has 1 fully saturated rings. The molecule has 4 rings (SSSR count). The van der Waals surface area contributed by atoms with Crippen LogP contribution in [0, 0.1) is 24.5 Å². The molecule has 0 radical (unpaired) electrons. The Morgan fingerprint density at radius 2 is 1.71 bits per heavy atom. The van der Waals surface area contributed by atoms with E-state index < -0.39 is 35.2 Å². The highest BCUT2D eigenvalue weighted by molar-refractivity contribution is 6.30. The molecule has 1 saturated carbocycles. The number of hydrogen-bond acceptors (Lipinski definition) is 1. The van der Waals surface area contributed by atoms with E-state index >= 15 is 0 Å². The van der Waals surface area contributed by atoms with E-state index in [0.29, 0.717) is 16.7 Å². The van der Waals surface area contributed by atoms with Gasteiger partial charge in [0.25, 0.3) is 5.91 Å². The number of alkyl halides is 3. The summed E-state index contributed by atoms with van der Waals surface area (Å²) in [5, 5.41) is 2.75. The molecule has 0 saturated heterocycles. The predicted octanol–water partition coefficient (Wildman–Crippen LogP) is 6.60. The van der Waals surface area contributed by atoms with Gasteiger partial charge in [0, 0.05) is 11.1 Å². The lowest BCUT2D eigenvalue weighted by Crippen LogP contribution is -2.46. The summed E-state index contributed by atoms with van der Waals surface area (Å²) in [6, 6.07) is 6.64. The van der Waals surface area contributed by atoms with Crippen molar-refractivity contribution >= 4 is 23.1 Å². The van der Waals surface area contributed by atoms with Gasteiger partial charge in [0.1, 0.15) is 11.6 Å². The fourth-order valence-electron chi connectivity index (χ4n) is 4.45. The second-order valence-corrected chi connectivity index (χ2v) is 8.67. The van der Waals surface area contributed by atoms with Gasteiger partial charge in [-0.25, -0.2) is 8.78 Å². The first-order chi connectivity index (χ1) is 14.5. The summed E-state index contributed by atoms with van der Waals surface area (Å²) in [5.74, 6) is -3.05. The lowest BCUT2D eigenvalue weighted by Gasteiger charge is -2.36. The van der Waals surface area contributed by atoms with Crippen LogP contribution in [0.25, 0.3) is 16.7 Å². The average Bonchev–Trinajstić information content (AvgIpc) is 2.99. The highest BCUT2D eigenvalue weighted by atomic mass is 35.5. The molecule has 0 atom stereocenters. The SMILES string of the molecule is Cc1cc(F)c(-c2ccc(Cl)c(F)c2)cc1C1=CC2(CCC(C(F)(F)F)CC2)NC1=O. The van der Waals surface area contributed by atoms with Gasteiger partial charge >= 0.3 is 6.18 Å². The van der Waals surface area contributed by atoms with E-state index in [1.54, 1.807) is 13.0 Å². The van der Waals surface area contributed by atoms with Crippen molar-refractivity contribution in [3.8, 4) is 11.1 Å². The molecule has 0 bridgehead atoms. The van der Waals surface area contributed by atoms with Crippen LogP contribution in [0.3, 0.4) is 0 Å². The average molecular weight is 456 g/mol. The molecule has 1 spiro atoms. The monoisotopic (exact) mass is 455 g/mol. The first-order valence-corrected chi connectivity index (χ1v) is 10.2. The number of rotatable bonds is 2. The van der Waals surface area contributed by atoms with Crippen LogP contribution in [0.2, 0.25) is 5.02 Å². The third-order valence-electron chi connectivity index (χ3n) is 6.20. The summed E-state index contributed by atoms with van der Waals surface area (Å²) >= 11 is 5.71. The van der Waals surface area contributed by atoms with Crippen molar-refractivity contribution in [1.29, 1.82) is 0 Å². The summed E-state index contributed by atoms with van der Waals surface area (Å²) in [7, 11) is 0. The van der Waals surface area contributed by atoms with Crippen LogP contribution in [-0.2, 0) is 4.79 Å². The van der Waals surface area contributed by atoms with Gasteiger partial charge in [-0.2, -0.15) is 13.2 Å². The third-order valence-corrected chi connectivity index (χ3v) is 6.51. The number of carbonyl (C=O) groups excluding carboxylic acids is 1. The molecule has 1 aliphatic heterocycles. The quantitative estimate of drug-likeness (QED) is 0.508. The molecular formula is C23H19ClF5NO. The van der Waals surface area contributed by atoms with Gasteiger partial charge in [-0.05, 0) is 79.6 Å². The van der Waals surface area contributed by atoms with Gasteiger partial charge in [-0.1, -0.05) is 17.7 Å². The molecular weight excluding hydrogens is 437 g/mol. The number of benzene rings is 2. The van der Waals surface area contributed by atoms with Gasteiger partial charge in [0.05, 0.1) is 16.5 Å². The summed E-state index contributed by atoms with van der Waals surface area (Å²) in [5.41, 5.74) is 0.782. The van der Waals surface area contributed by atoms with Gasteiger partial charge in [-0.3, -0.25) is 4.79 Å². The molecule has 0 unspecified atom stereocenters. The first-order valence-electron chi connectivity index (χ1n) is 9.87. The van der Waals surface area contributed by atoms with E-state index in [1.165, 1.54) is 24.3 Å². The smallest absolute Gasteiger partial charge is 0.343 e. The zero-order chi connectivity index (χ0) is 22.6. The molecule has 1 heterocycles. The standard InChI is InChI=1S/C23H19ClF5NO/c1-12-8-19(25)16(13-2-3-18(24)20(26)9-13)10-15(12)17-11-22(30-21(17)31)6-4-14(5-7-22)23(27,28)29/h2-3,8-11,14H,4-7H2,1H3,(H,30,31). The predicted molar refractivity (Wildman–Crippen MR) is 108 cm³/mol. The zero-order valence-corrected chi connectivity index (χ0v) is 17.3. The normalized spacial score (nSPS) is 23.8. The number of hydrogen-bond donors (Lipinski definition) is 1. The van der Waals surface area contributed by atoms with E-state index in [-0.39, 0.29) is 41.8 Å². The molecule has 0 aromatic heterocycles. The van der Waals surface area contributed by atoms with E-state index in [9.17, 15) is 26.7 Å². The van der Waals surface area contributed by atoms with E-state index in [0.717, 1.165) is 6.07 Å². The first kappa shape index (κ1) is 21.8. The van der Waals surface area contributed by atoms with E-state index in [2.05, 4.69) is 5.32 Å². The molecule has 8 heteroatoms. The maximum Gasteiger partial charge on any atom is 0.391 e. The molecule has 2 aromatic carbocycles. The Labute approximate surface area is 181 Å². The lowest BCUT2D eigenvalue weighted by atomic mass is 9.76. The molecule has 1 N–H and O–H groups in total. The Morgan fingerprint density at radius 1 is 1.03 bits per heavy atom. The zero-order valence-electron chi connectivity index (χ0n) is 16.5. The van der Waals surface area contributed by atoms with Gasteiger partial charge in [0.2, 0.25) is 0 Å². The topological polar surface area (TPSA) is 29.1 Å². The Morgan fingerprint density at radius 3 is 2.32 bits per heavy atom. The third kappa shape index (κ3) is 4.07. The van der Waals surface area contributed by atoms with Gasteiger partial charge < -0.3 is 5.32 Å². The lowest BCUT2D eigenvalue weighted by molar-refractivity contribution is -0.184. The van der Waals surface area contributed by atoms with E-state index in [1.807, 2.05) is 0 Å². The Bertz CT molecular complexity index is 1080.